The summed E-state index contributed by atoms with van der Waals surface area (Å²) in [6, 6.07) is 1.30. The quantitative estimate of drug-likeness (QED) is 0.254. The lowest BCUT2D eigenvalue weighted by Gasteiger charge is -2.59. The number of rotatable bonds is 7. The summed E-state index contributed by atoms with van der Waals surface area (Å²) in [7, 11) is -0.918. The molecular formula is C29H50O3Si. The van der Waals surface area contributed by atoms with Crippen molar-refractivity contribution in [2.45, 2.75) is 117 Å². The van der Waals surface area contributed by atoms with Crippen molar-refractivity contribution in [3.63, 3.8) is 0 Å². The van der Waals surface area contributed by atoms with Gasteiger partial charge in [-0.1, -0.05) is 57.9 Å². The highest BCUT2D eigenvalue weighted by Crippen LogP contribution is 2.67. The van der Waals surface area contributed by atoms with Crippen LogP contribution in [0.4, 0.5) is 0 Å². The van der Waals surface area contributed by atoms with Crippen LogP contribution >= 0.6 is 0 Å². The van der Waals surface area contributed by atoms with E-state index in [4.69, 9.17) is 4.74 Å². The Kier molecular flexibility index (Phi) is 7.29. The highest BCUT2D eigenvalue weighted by molar-refractivity contribution is 6.57. The van der Waals surface area contributed by atoms with Crippen LogP contribution in [0, 0.1) is 40.4 Å². The van der Waals surface area contributed by atoms with Gasteiger partial charge in [-0.3, -0.25) is 4.79 Å². The number of ether oxygens (including phenoxy) is 1. The topological polar surface area (TPSA) is 46.5 Å². The van der Waals surface area contributed by atoms with Crippen LogP contribution in [0.1, 0.15) is 98.8 Å². The van der Waals surface area contributed by atoms with Gasteiger partial charge in [0.15, 0.2) is 0 Å². The Hall–Kier alpha value is -0.613. The zero-order valence-electron chi connectivity index (χ0n) is 22.3. The molecule has 0 heterocycles. The Bertz CT molecular complexity index is 760. The lowest BCUT2D eigenvalue weighted by molar-refractivity contribution is -0.139. The Labute approximate surface area is 204 Å². The molecule has 0 aliphatic heterocycles. The first-order chi connectivity index (χ1) is 15.5. The fraction of sp³-hybridized carbons (Fsp3) is 0.897. The number of carbonyl (C=O) groups excluding carboxylic acids is 1. The van der Waals surface area contributed by atoms with Crippen LogP contribution in [-0.4, -0.2) is 31.7 Å². The van der Waals surface area contributed by atoms with Gasteiger partial charge in [-0.15, -0.1) is 0 Å². The fourth-order valence-electron chi connectivity index (χ4n) is 9.11. The SMILES string of the molecule is CC(=O)OC[Si@@H](C)CCC[C@@H](C)[C@H]1CC[C@H]2[C@@H]3CC=C4C[C@@](C)(O)CC[C@]4(C)C3CC[C@]12C. The molecule has 0 radical (unpaired) electrons. The largest absolute Gasteiger partial charge is 0.470 e. The van der Waals surface area contributed by atoms with Crippen molar-refractivity contribution in [1.29, 1.82) is 0 Å². The second kappa shape index (κ2) is 9.45. The molecule has 0 amide bonds. The molecule has 0 aromatic carbocycles. The van der Waals surface area contributed by atoms with Gasteiger partial charge in [0, 0.05) is 6.92 Å². The Balaban J connectivity index is 1.38. The second-order valence-corrected chi connectivity index (χ2v) is 16.6. The minimum Gasteiger partial charge on any atom is -0.470 e. The van der Waals surface area contributed by atoms with E-state index >= 15 is 0 Å². The predicted molar refractivity (Wildman–Crippen MR) is 139 cm³/mol. The van der Waals surface area contributed by atoms with Gasteiger partial charge < -0.3 is 9.84 Å². The van der Waals surface area contributed by atoms with Gasteiger partial charge in [0.1, 0.15) is 0 Å². The van der Waals surface area contributed by atoms with Crippen LogP contribution in [0.15, 0.2) is 11.6 Å². The van der Waals surface area contributed by atoms with Gasteiger partial charge >= 0.3 is 5.97 Å². The van der Waals surface area contributed by atoms with Crippen molar-refractivity contribution < 1.29 is 14.6 Å². The predicted octanol–water partition coefficient (Wildman–Crippen LogP) is 6.69. The van der Waals surface area contributed by atoms with Crippen molar-refractivity contribution in [3.8, 4) is 0 Å². The molecule has 9 atom stereocenters. The molecule has 4 aliphatic rings. The number of allylic oxidation sites excluding steroid dienone is 1. The van der Waals surface area contributed by atoms with Crippen molar-refractivity contribution in [3.05, 3.63) is 11.6 Å². The maximum atomic E-state index is 11.1. The highest BCUT2D eigenvalue weighted by atomic mass is 28.3. The van der Waals surface area contributed by atoms with Gasteiger partial charge in [-0.2, -0.15) is 0 Å². The summed E-state index contributed by atoms with van der Waals surface area (Å²) in [5.41, 5.74) is 1.94. The van der Waals surface area contributed by atoms with Crippen LogP contribution < -0.4 is 0 Å². The standard InChI is InChI=1S/C29H50O3Si/c1-20(8-7-17-33(6)19-32-21(2)30)24-11-12-25-23-10-9-22-18-27(3,31)15-16-28(22,4)26(23)13-14-29(24,25)5/h9,20,23-26,31,33H,7-8,10-19H2,1-6H3/t20-,23+,24-,25+,26?,27+,28+,29-,33+/m1/s1. The summed E-state index contributed by atoms with van der Waals surface area (Å²) >= 11 is 0. The monoisotopic (exact) mass is 474 g/mol. The number of hydrogen-bond donors (Lipinski definition) is 1. The smallest absolute Gasteiger partial charge is 0.302 e. The molecule has 0 bridgehead atoms. The van der Waals surface area contributed by atoms with E-state index < -0.39 is 14.4 Å². The minimum atomic E-state index is -0.918. The van der Waals surface area contributed by atoms with E-state index in [1.54, 1.807) is 5.57 Å². The molecule has 1 unspecified atom stereocenters. The fourth-order valence-corrected chi connectivity index (χ4v) is 10.7. The van der Waals surface area contributed by atoms with Gasteiger partial charge in [0.25, 0.3) is 0 Å². The van der Waals surface area contributed by atoms with E-state index in [9.17, 15) is 9.90 Å². The summed E-state index contributed by atoms with van der Waals surface area (Å²) in [5.74, 6) is 4.13. The zero-order valence-corrected chi connectivity index (χ0v) is 23.4. The average Bonchev–Trinajstić information content (AvgIpc) is 3.10. The molecule has 188 valence electrons. The van der Waals surface area contributed by atoms with E-state index in [0.717, 1.165) is 42.4 Å². The minimum absolute atomic E-state index is 0.125. The molecule has 3 saturated carbocycles. The number of esters is 1. The van der Waals surface area contributed by atoms with E-state index in [0.29, 0.717) is 17.1 Å². The first kappa shape index (κ1) is 25.5. The van der Waals surface area contributed by atoms with Gasteiger partial charge in [0.2, 0.25) is 0 Å². The summed E-state index contributed by atoms with van der Waals surface area (Å²) in [6.45, 7) is 13.6. The summed E-state index contributed by atoms with van der Waals surface area (Å²) in [5, 5.41) is 10.7. The molecule has 4 heteroatoms. The summed E-state index contributed by atoms with van der Waals surface area (Å²) in [4.78, 5) is 11.1. The van der Waals surface area contributed by atoms with Crippen molar-refractivity contribution >= 4 is 14.8 Å². The second-order valence-electron chi connectivity index (χ2n) is 13.5. The Morgan fingerprint density at radius 2 is 1.94 bits per heavy atom. The van der Waals surface area contributed by atoms with E-state index in [-0.39, 0.29) is 5.97 Å². The molecule has 0 aromatic heterocycles. The van der Waals surface area contributed by atoms with Crippen molar-refractivity contribution in [2.24, 2.45) is 40.4 Å². The number of aliphatic hydroxyl groups is 1. The van der Waals surface area contributed by atoms with Gasteiger partial charge in [0.05, 0.1) is 20.6 Å². The van der Waals surface area contributed by atoms with Crippen LogP contribution in [-0.2, 0) is 9.53 Å². The average molecular weight is 475 g/mol. The third kappa shape index (κ3) is 4.90. The molecule has 3 fully saturated rings. The highest BCUT2D eigenvalue weighted by Gasteiger charge is 2.59. The van der Waals surface area contributed by atoms with Crippen molar-refractivity contribution in [2.75, 3.05) is 6.23 Å². The molecule has 0 saturated heterocycles. The first-order valence-corrected chi connectivity index (χ1v) is 16.8. The Morgan fingerprint density at radius 1 is 1.18 bits per heavy atom. The number of hydrogen-bond acceptors (Lipinski definition) is 3. The lowest BCUT2D eigenvalue weighted by Crippen LogP contribution is -2.52. The van der Waals surface area contributed by atoms with Crippen LogP contribution in [0.25, 0.3) is 0 Å². The molecule has 4 aliphatic carbocycles. The zero-order chi connectivity index (χ0) is 24.0. The van der Waals surface area contributed by atoms with E-state index in [1.807, 2.05) is 6.92 Å². The normalized spacial score (nSPS) is 44.2. The molecule has 0 spiro atoms. The maximum Gasteiger partial charge on any atom is 0.302 e. The van der Waals surface area contributed by atoms with Crippen LogP contribution in [0.5, 0.6) is 0 Å². The summed E-state index contributed by atoms with van der Waals surface area (Å²) < 4.78 is 5.26. The van der Waals surface area contributed by atoms with Crippen LogP contribution in [0.3, 0.4) is 0 Å². The van der Waals surface area contributed by atoms with E-state index in [2.05, 4.69) is 33.4 Å². The maximum absolute atomic E-state index is 11.1. The molecular weight excluding hydrogens is 424 g/mol. The molecule has 4 rings (SSSR count). The molecule has 33 heavy (non-hydrogen) atoms. The van der Waals surface area contributed by atoms with Gasteiger partial charge in [-0.05, 0) is 98.7 Å². The summed E-state index contributed by atoms with van der Waals surface area (Å²) in [6.07, 6.45) is 15.9. The third-order valence-corrected chi connectivity index (χ3v) is 13.2. The number of fused-ring (bicyclic) bond motifs is 5. The molecule has 0 aromatic rings. The van der Waals surface area contributed by atoms with Gasteiger partial charge in [-0.25, -0.2) is 0 Å². The number of carbonyl (C=O) groups is 1. The van der Waals surface area contributed by atoms with E-state index in [1.165, 1.54) is 64.3 Å². The lowest BCUT2D eigenvalue weighted by atomic mass is 9.46. The van der Waals surface area contributed by atoms with Crippen molar-refractivity contribution in [1.82, 2.24) is 0 Å². The third-order valence-electron chi connectivity index (χ3n) is 11.1. The molecule has 3 nitrogen and oxygen atoms in total. The molecule has 1 N–H and O–H groups in total. The first-order valence-electron chi connectivity index (χ1n) is 14.0. The Morgan fingerprint density at radius 3 is 2.67 bits per heavy atom. The van der Waals surface area contributed by atoms with Crippen LogP contribution in [0.2, 0.25) is 12.6 Å².